The molecule has 120 valence electrons. The van der Waals surface area contributed by atoms with Crippen LogP contribution in [0, 0.1) is 6.92 Å². The van der Waals surface area contributed by atoms with Crippen LogP contribution >= 0.6 is 11.3 Å². The van der Waals surface area contributed by atoms with E-state index in [9.17, 15) is 4.79 Å². The number of amides is 1. The summed E-state index contributed by atoms with van der Waals surface area (Å²) in [6.45, 7) is 3.58. The summed E-state index contributed by atoms with van der Waals surface area (Å²) in [5.41, 5.74) is 5.25. The van der Waals surface area contributed by atoms with E-state index in [1.807, 2.05) is 36.4 Å². The molecule has 0 aliphatic heterocycles. The Morgan fingerprint density at radius 2 is 1.75 bits per heavy atom. The Bertz CT molecular complexity index is 861. The lowest BCUT2D eigenvalue weighted by Crippen LogP contribution is -2.05. The van der Waals surface area contributed by atoms with E-state index >= 15 is 0 Å². The van der Waals surface area contributed by atoms with E-state index in [1.165, 1.54) is 12.5 Å². The smallest absolute Gasteiger partial charge is 0.221 e. The largest absolute Gasteiger partial charge is 0.326 e. The fourth-order valence-electron chi connectivity index (χ4n) is 2.27. The Hall–Kier alpha value is -2.72. The second-order valence-corrected chi connectivity index (χ2v) is 6.46. The molecule has 1 aromatic heterocycles. The molecular weight excluding hydrogens is 316 g/mol. The van der Waals surface area contributed by atoms with E-state index in [-0.39, 0.29) is 5.91 Å². The van der Waals surface area contributed by atoms with Gasteiger partial charge < -0.3 is 5.32 Å². The molecular formula is C20H18N2OS. The molecule has 0 aliphatic carbocycles. The Labute approximate surface area is 145 Å². The molecule has 0 aliphatic rings. The summed E-state index contributed by atoms with van der Waals surface area (Å²) in [5.74, 6) is -0.0651. The van der Waals surface area contributed by atoms with Crippen molar-refractivity contribution in [1.29, 1.82) is 0 Å². The molecule has 0 saturated heterocycles. The maximum atomic E-state index is 11.0. The van der Waals surface area contributed by atoms with E-state index in [4.69, 9.17) is 0 Å². The predicted octanol–water partition coefficient (Wildman–Crippen LogP) is 5.25. The summed E-state index contributed by atoms with van der Waals surface area (Å²) in [6, 6.07) is 16.1. The number of nitrogens with zero attached hydrogens (tertiary/aromatic N) is 1. The van der Waals surface area contributed by atoms with E-state index in [0.717, 1.165) is 27.5 Å². The lowest BCUT2D eigenvalue weighted by Gasteiger charge is -2.01. The van der Waals surface area contributed by atoms with Crippen molar-refractivity contribution >= 4 is 35.1 Å². The lowest BCUT2D eigenvalue weighted by molar-refractivity contribution is -0.114. The molecule has 0 unspecified atom stereocenters. The number of aryl methyl sites for hydroxylation is 1. The number of carbonyl (C=O) groups is 1. The molecule has 0 bridgehead atoms. The van der Waals surface area contributed by atoms with Crippen molar-refractivity contribution in [3.8, 4) is 11.3 Å². The van der Waals surface area contributed by atoms with Crippen molar-refractivity contribution in [2.45, 2.75) is 13.8 Å². The average Bonchev–Trinajstić information content (AvgIpc) is 3.03. The van der Waals surface area contributed by atoms with Crippen LogP contribution in [0.4, 0.5) is 5.69 Å². The summed E-state index contributed by atoms with van der Waals surface area (Å²) in [7, 11) is 0. The van der Waals surface area contributed by atoms with E-state index in [1.54, 1.807) is 11.3 Å². The zero-order valence-electron chi connectivity index (χ0n) is 13.6. The molecule has 3 aromatic rings. The minimum Gasteiger partial charge on any atom is -0.326 e. The van der Waals surface area contributed by atoms with Gasteiger partial charge in [-0.3, -0.25) is 4.79 Å². The first-order valence-corrected chi connectivity index (χ1v) is 8.56. The van der Waals surface area contributed by atoms with Gasteiger partial charge in [0.25, 0.3) is 0 Å². The Morgan fingerprint density at radius 3 is 2.42 bits per heavy atom. The van der Waals surface area contributed by atoms with Gasteiger partial charge in [-0.05, 0) is 30.7 Å². The highest BCUT2D eigenvalue weighted by Crippen LogP contribution is 2.23. The number of thiazole rings is 1. The molecule has 2 aromatic carbocycles. The molecule has 1 amide bonds. The van der Waals surface area contributed by atoms with Gasteiger partial charge in [0, 0.05) is 23.6 Å². The zero-order chi connectivity index (χ0) is 16.9. The van der Waals surface area contributed by atoms with Gasteiger partial charge in [-0.2, -0.15) is 0 Å². The SMILES string of the molecule is CC(=O)Nc1ccc(C=Cc2nc(-c3ccc(C)cc3)cs2)cc1. The minimum absolute atomic E-state index is 0.0651. The fourth-order valence-corrected chi connectivity index (χ4v) is 2.99. The molecule has 4 heteroatoms. The Kier molecular flexibility index (Phi) is 4.87. The topological polar surface area (TPSA) is 42.0 Å². The summed E-state index contributed by atoms with van der Waals surface area (Å²) in [4.78, 5) is 15.7. The summed E-state index contributed by atoms with van der Waals surface area (Å²) >= 11 is 1.62. The van der Waals surface area contributed by atoms with Gasteiger partial charge in [0.05, 0.1) is 5.69 Å². The third-order valence-corrected chi connectivity index (χ3v) is 4.33. The molecule has 3 nitrogen and oxygen atoms in total. The first kappa shape index (κ1) is 16.1. The van der Waals surface area contributed by atoms with Crippen LogP contribution in [0.3, 0.4) is 0 Å². The predicted molar refractivity (Wildman–Crippen MR) is 102 cm³/mol. The number of benzene rings is 2. The second kappa shape index (κ2) is 7.23. The number of hydrogen-bond donors (Lipinski definition) is 1. The van der Waals surface area contributed by atoms with Gasteiger partial charge >= 0.3 is 0 Å². The number of nitrogens with one attached hydrogen (secondary N) is 1. The molecule has 1 heterocycles. The van der Waals surface area contributed by atoms with Crippen LogP contribution in [0.25, 0.3) is 23.4 Å². The Morgan fingerprint density at radius 1 is 1.04 bits per heavy atom. The minimum atomic E-state index is -0.0651. The highest BCUT2D eigenvalue weighted by atomic mass is 32.1. The second-order valence-electron chi connectivity index (χ2n) is 5.57. The number of hydrogen-bond acceptors (Lipinski definition) is 3. The molecule has 0 fully saturated rings. The maximum Gasteiger partial charge on any atom is 0.221 e. The fraction of sp³-hybridized carbons (Fsp3) is 0.100. The number of anilines is 1. The van der Waals surface area contributed by atoms with Crippen molar-refractivity contribution < 1.29 is 4.79 Å². The van der Waals surface area contributed by atoms with Gasteiger partial charge in [0.1, 0.15) is 5.01 Å². The highest BCUT2D eigenvalue weighted by Gasteiger charge is 2.02. The van der Waals surface area contributed by atoms with Crippen LogP contribution in [-0.2, 0) is 4.79 Å². The number of rotatable bonds is 4. The van der Waals surface area contributed by atoms with Crippen molar-refractivity contribution in [3.05, 3.63) is 70.0 Å². The van der Waals surface area contributed by atoms with E-state index in [2.05, 4.69) is 46.9 Å². The van der Waals surface area contributed by atoms with Crippen molar-refractivity contribution in [3.63, 3.8) is 0 Å². The molecule has 0 spiro atoms. The lowest BCUT2D eigenvalue weighted by atomic mass is 10.1. The van der Waals surface area contributed by atoms with Crippen LogP contribution in [0.15, 0.2) is 53.9 Å². The third-order valence-electron chi connectivity index (χ3n) is 3.52. The van der Waals surface area contributed by atoms with Crippen molar-refractivity contribution in [1.82, 2.24) is 4.98 Å². The monoisotopic (exact) mass is 334 g/mol. The van der Waals surface area contributed by atoms with Gasteiger partial charge in [-0.25, -0.2) is 4.98 Å². The first-order chi connectivity index (χ1) is 11.6. The normalized spacial score (nSPS) is 10.9. The van der Waals surface area contributed by atoms with Crippen molar-refractivity contribution in [2.75, 3.05) is 5.32 Å². The van der Waals surface area contributed by atoms with Crippen LogP contribution in [0.2, 0.25) is 0 Å². The van der Waals surface area contributed by atoms with Gasteiger partial charge in [-0.15, -0.1) is 11.3 Å². The van der Waals surface area contributed by atoms with Crippen LogP contribution < -0.4 is 5.32 Å². The summed E-state index contributed by atoms with van der Waals surface area (Å²) < 4.78 is 0. The quantitative estimate of drug-likeness (QED) is 0.708. The number of aromatic nitrogens is 1. The van der Waals surface area contributed by atoms with Crippen LogP contribution in [-0.4, -0.2) is 10.9 Å². The van der Waals surface area contributed by atoms with Gasteiger partial charge in [0.15, 0.2) is 0 Å². The molecule has 24 heavy (non-hydrogen) atoms. The first-order valence-electron chi connectivity index (χ1n) is 7.68. The highest BCUT2D eigenvalue weighted by molar-refractivity contribution is 7.10. The Balaban J connectivity index is 1.71. The van der Waals surface area contributed by atoms with Gasteiger partial charge in [-0.1, -0.05) is 48.0 Å². The average molecular weight is 334 g/mol. The molecule has 1 N–H and O–H groups in total. The zero-order valence-corrected chi connectivity index (χ0v) is 14.4. The molecule has 0 saturated carbocycles. The molecule has 0 radical (unpaired) electrons. The summed E-state index contributed by atoms with van der Waals surface area (Å²) in [6.07, 6.45) is 4.03. The number of carbonyl (C=O) groups excluding carboxylic acids is 1. The maximum absolute atomic E-state index is 11.0. The van der Waals surface area contributed by atoms with Crippen LogP contribution in [0.1, 0.15) is 23.1 Å². The van der Waals surface area contributed by atoms with E-state index in [0.29, 0.717) is 0 Å². The molecule has 0 atom stereocenters. The van der Waals surface area contributed by atoms with Crippen LogP contribution in [0.5, 0.6) is 0 Å². The third kappa shape index (κ3) is 4.18. The van der Waals surface area contributed by atoms with Crippen molar-refractivity contribution in [2.24, 2.45) is 0 Å². The summed E-state index contributed by atoms with van der Waals surface area (Å²) in [5, 5.41) is 5.80. The standard InChI is InChI=1S/C20H18N2OS/c1-14-3-8-17(9-4-14)19-13-24-20(22-19)12-7-16-5-10-18(11-6-16)21-15(2)23/h3-13H,1-2H3,(H,21,23). The molecule has 3 rings (SSSR count). The van der Waals surface area contributed by atoms with E-state index < -0.39 is 0 Å². The van der Waals surface area contributed by atoms with Gasteiger partial charge in [0.2, 0.25) is 5.91 Å².